The van der Waals surface area contributed by atoms with E-state index < -0.39 is 0 Å². The summed E-state index contributed by atoms with van der Waals surface area (Å²) in [4.78, 5) is 0. The van der Waals surface area contributed by atoms with Crippen LogP contribution in [0.3, 0.4) is 0 Å². The van der Waals surface area contributed by atoms with E-state index in [9.17, 15) is 0 Å². The molecule has 0 bridgehead atoms. The van der Waals surface area contributed by atoms with Gasteiger partial charge in [-0.3, -0.25) is 11.3 Å². The molecule has 2 unspecified atom stereocenters. The molecule has 0 spiro atoms. The topological polar surface area (TPSA) is 47.3 Å². The van der Waals surface area contributed by atoms with Crippen LogP contribution in [0.25, 0.3) is 0 Å². The van der Waals surface area contributed by atoms with Crippen LogP contribution in [0.2, 0.25) is 0 Å². The van der Waals surface area contributed by atoms with Gasteiger partial charge in [0.2, 0.25) is 0 Å². The van der Waals surface area contributed by atoms with Crippen molar-refractivity contribution in [3.8, 4) is 0 Å². The van der Waals surface area contributed by atoms with Gasteiger partial charge in [-0.1, -0.05) is 6.08 Å². The number of nitrogens with two attached hydrogens (primary N) is 1. The van der Waals surface area contributed by atoms with Gasteiger partial charge < -0.3 is 4.74 Å². The first-order valence-corrected chi connectivity index (χ1v) is 4.53. The first kappa shape index (κ1) is 9.71. The van der Waals surface area contributed by atoms with Gasteiger partial charge in [0.05, 0.1) is 12.1 Å². The molecule has 3 N–H and O–H groups in total. The second-order valence-corrected chi connectivity index (χ2v) is 3.19. The van der Waals surface area contributed by atoms with Gasteiger partial charge >= 0.3 is 0 Å². The van der Waals surface area contributed by atoms with Crippen LogP contribution in [0, 0.1) is 5.92 Å². The van der Waals surface area contributed by atoms with Crippen molar-refractivity contribution in [1.29, 1.82) is 0 Å². The average Bonchev–Trinajstić information content (AvgIpc) is 2.88. The molecule has 0 heterocycles. The van der Waals surface area contributed by atoms with Crippen LogP contribution < -0.4 is 11.3 Å². The van der Waals surface area contributed by atoms with E-state index in [1.54, 1.807) is 0 Å². The maximum absolute atomic E-state index is 5.60. The predicted molar refractivity (Wildman–Crippen MR) is 49.4 cm³/mol. The Balaban J connectivity index is 2.43. The monoisotopic (exact) mass is 170 g/mol. The van der Waals surface area contributed by atoms with E-state index in [-0.39, 0.29) is 12.1 Å². The van der Waals surface area contributed by atoms with Crippen molar-refractivity contribution in [1.82, 2.24) is 5.43 Å². The third-order valence-corrected chi connectivity index (χ3v) is 2.25. The smallest absolute Gasteiger partial charge is 0.0804 e. The molecule has 70 valence electrons. The van der Waals surface area contributed by atoms with E-state index in [1.807, 2.05) is 13.0 Å². The Kier molecular flexibility index (Phi) is 3.72. The van der Waals surface area contributed by atoms with Gasteiger partial charge in [-0.05, 0) is 25.7 Å². The lowest BCUT2D eigenvalue weighted by Gasteiger charge is -2.23. The van der Waals surface area contributed by atoms with Crippen LogP contribution >= 0.6 is 0 Å². The molecule has 0 radical (unpaired) electrons. The van der Waals surface area contributed by atoms with Gasteiger partial charge in [0, 0.05) is 6.61 Å². The SMILES string of the molecule is C=CC(NN)C(OCC)C1CC1. The average molecular weight is 170 g/mol. The molecule has 0 amide bonds. The zero-order valence-corrected chi connectivity index (χ0v) is 7.62. The van der Waals surface area contributed by atoms with Crippen LogP contribution in [0.1, 0.15) is 19.8 Å². The standard InChI is InChI=1S/C9H18N2O/c1-3-8(11-10)9(12-4-2)7-5-6-7/h3,7-9,11H,1,4-6,10H2,2H3. The number of nitrogens with one attached hydrogen (secondary N) is 1. The largest absolute Gasteiger partial charge is 0.376 e. The molecule has 3 nitrogen and oxygen atoms in total. The number of rotatable bonds is 6. The minimum atomic E-state index is 0.0949. The van der Waals surface area contributed by atoms with E-state index in [4.69, 9.17) is 10.6 Å². The van der Waals surface area contributed by atoms with E-state index in [2.05, 4.69) is 12.0 Å². The van der Waals surface area contributed by atoms with E-state index in [1.165, 1.54) is 12.8 Å². The molecule has 2 atom stereocenters. The molecular formula is C9H18N2O. The molecule has 0 aromatic heterocycles. The zero-order chi connectivity index (χ0) is 8.97. The number of hydrogen-bond donors (Lipinski definition) is 2. The maximum Gasteiger partial charge on any atom is 0.0804 e. The highest BCUT2D eigenvalue weighted by molar-refractivity contribution is 4.97. The number of hydrazine groups is 1. The molecule has 0 aliphatic heterocycles. The summed E-state index contributed by atoms with van der Waals surface area (Å²) in [6.45, 7) is 6.47. The number of ether oxygens (including phenoxy) is 1. The van der Waals surface area contributed by atoms with Crippen molar-refractivity contribution in [2.24, 2.45) is 11.8 Å². The van der Waals surface area contributed by atoms with Crippen molar-refractivity contribution in [3.63, 3.8) is 0 Å². The van der Waals surface area contributed by atoms with Gasteiger partial charge in [0.15, 0.2) is 0 Å². The fraction of sp³-hybridized carbons (Fsp3) is 0.778. The summed E-state index contributed by atoms with van der Waals surface area (Å²) in [6, 6.07) is 0.0949. The second kappa shape index (κ2) is 4.60. The van der Waals surface area contributed by atoms with Crippen molar-refractivity contribution in [2.45, 2.75) is 31.9 Å². The highest BCUT2D eigenvalue weighted by atomic mass is 16.5. The molecule has 1 rings (SSSR count). The van der Waals surface area contributed by atoms with E-state index >= 15 is 0 Å². The lowest BCUT2D eigenvalue weighted by Crippen LogP contribution is -2.44. The Labute approximate surface area is 73.9 Å². The maximum atomic E-state index is 5.60. The summed E-state index contributed by atoms with van der Waals surface area (Å²) in [5.41, 5.74) is 2.71. The lowest BCUT2D eigenvalue weighted by atomic mass is 10.1. The molecule has 1 fully saturated rings. The fourth-order valence-corrected chi connectivity index (χ4v) is 1.45. The summed E-state index contributed by atoms with van der Waals surface area (Å²) in [5.74, 6) is 6.06. The van der Waals surface area contributed by atoms with Crippen molar-refractivity contribution < 1.29 is 4.74 Å². The normalized spacial score (nSPS) is 21.8. The third-order valence-electron chi connectivity index (χ3n) is 2.25. The van der Waals surface area contributed by atoms with Crippen LogP contribution in [-0.4, -0.2) is 18.8 Å². The Hall–Kier alpha value is -0.380. The van der Waals surface area contributed by atoms with Gasteiger partial charge in [-0.2, -0.15) is 0 Å². The zero-order valence-electron chi connectivity index (χ0n) is 7.62. The molecule has 12 heavy (non-hydrogen) atoms. The Morgan fingerprint density at radius 1 is 1.75 bits per heavy atom. The molecule has 1 aliphatic carbocycles. The first-order valence-electron chi connectivity index (χ1n) is 4.53. The highest BCUT2D eigenvalue weighted by Gasteiger charge is 2.35. The predicted octanol–water partition coefficient (Wildman–Crippen LogP) is 0.819. The second-order valence-electron chi connectivity index (χ2n) is 3.19. The fourth-order valence-electron chi connectivity index (χ4n) is 1.45. The summed E-state index contributed by atoms with van der Waals surface area (Å²) >= 11 is 0. The van der Waals surface area contributed by atoms with Gasteiger partial charge in [0.1, 0.15) is 0 Å². The van der Waals surface area contributed by atoms with Crippen LogP contribution in [0.15, 0.2) is 12.7 Å². The Bertz CT molecular complexity index is 145. The summed E-state index contributed by atoms with van der Waals surface area (Å²) < 4.78 is 5.60. The number of hydrogen-bond acceptors (Lipinski definition) is 3. The quantitative estimate of drug-likeness (QED) is 0.352. The minimum absolute atomic E-state index is 0.0949. The highest BCUT2D eigenvalue weighted by Crippen LogP contribution is 2.35. The van der Waals surface area contributed by atoms with Crippen LogP contribution in [-0.2, 0) is 4.74 Å². The summed E-state index contributed by atoms with van der Waals surface area (Å²) in [6.07, 6.45) is 4.56. The summed E-state index contributed by atoms with van der Waals surface area (Å²) in [7, 11) is 0. The van der Waals surface area contributed by atoms with Crippen molar-refractivity contribution in [3.05, 3.63) is 12.7 Å². The molecule has 1 saturated carbocycles. The van der Waals surface area contributed by atoms with Crippen LogP contribution in [0.4, 0.5) is 0 Å². The summed E-state index contributed by atoms with van der Waals surface area (Å²) in [5, 5.41) is 0. The van der Waals surface area contributed by atoms with Crippen LogP contribution in [0.5, 0.6) is 0 Å². The van der Waals surface area contributed by atoms with Crippen molar-refractivity contribution in [2.75, 3.05) is 6.61 Å². The van der Waals surface area contributed by atoms with Gasteiger partial charge in [0.25, 0.3) is 0 Å². The lowest BCUT2D eigenvalue weighted by molar-refractivity contribution is 0.0306. The molecule has 0 aromatic rings. The Morgan fingerprint density at radius 3 is 2.75 bits per heavy atom. The van der Waals surface area contributed by atoms with Gasteiger partial charge in [-0.25, -0.2) is 0 Å². The van der Waals surface area contributed by atoms with Crippen molar-refractivity contribution >= 4 is 0 Å². The van der Waals surface area contributed by atoms with Gasteiger partial charge in [-0.15, -0.1) is 6.58 Å². The van der Waals surface area contributed by atoms with E-state index in [0.29, 0.717) is 5.92 Å². The minimum Gasteiger partial charge on any atom is -0.376 e. The Morgan fingerprint density at radius 2 is 2.42 bits per heavy atom. The molecule has 0 saturated heterocycles. The molecular weight excluding hydrogens is 152 g/mol. The molecule has 1 aliphatic rings. The first-order chi connectivity index (χ1) is 5.83. The molecule has 0 aromatic carbocycles. The van der Waals surface area contributed by atoms with E-state index in [0.717, 1.165) is 6.61 Å². The molecule has 3 heteroatoms. The third kappa shape index (κ3) is 2.30.